The number of alkyl halides is 1. The minimum absolute atomic E-state index is 0.568. The summed E-state index contributed by atoms with van der Waals surface area (Å²) in [5.41, 5.74) is 2.59. The van der Waals surface area contributed by atoms with Crippen molar-refractivity contribution in [3.05, 3.63) is 42.7 Å². The van der Waals surface area contributed by atoms with Crippen LogP contribution >= 0.6 is 0 Å². The van der Waals surface area contributed by atoms with Crippen molar-refractivity contribution in [3.8, 4) is 17.0 Å². The minimum atomic E-state index is -0.664. The predicted octanol–water partition coefficient (Wildman–Crippen LogP) is 2.99. The Kier molecular flexibility index (Phi) is 5.06. The molecule has 7 heteroatoms. The zero-order valence-electron chi connectivity index (χ0n) is 14.6. The van der Waals surface area contributed by atoms with Crippen molar-refractivity contribution in [2.75, 3.05) is 26.2 Å². The number of rotatable bonds is 6. The molecule has 0 aliphatic carbocycles. The summed E-state index contributed by atoms with van der Waals surface area (Å²) in [6.45, 7) is 3.09. The Morgan fingerprint density at radius 3 is 2.88 bits per heavy atom. The molecular formula is C19H22FN5O. The molecule has 1 unspecified atom stereocenters. The van der Waals surface area contributed by atoms with Gasteiger partial charge < -0.3 is 9.64 Å². The Hall–Kier alpha value is -2.54. The van der Waals surface area contributed by atoms with Crippen molar-refractivity contribution < 1.29 is 9.13 Å². The SMILES string of the molecule is FC1CCCN(CCCOc2ccc(-c3ccc4nncn4n3)cc2)C1. The number of aromatic nitrogens is 4. The van der Waals surface area contributed by atoms with Crippen LogP contribution in [0.3, 0.4) is 0 Å². The van der Waals surface area contributed by atoms with E-state index in [2.05, 4.69) is 20.2 Å². The molecule has 4 rings (SSSR count). The molecule has 1 atom stereocenters. The van der Waals surface area contributed by atoms with Crippen LogP contribution < -0.4 is 4.74 Å². The quantitative estimate of drug-likeness (QED) is 0.636. The molecule has 0 saturated carbocycles. The van der Waals surface area contributed by atoms with Crippen molar-refractivity contribution in [1.82, 2.24) is 24.7 Å². The van der Waals surface area contributed by atoms with Crippen molar-refractivity contribution in [2.24, 2.45) is 0 Å². The van der Waals surface area contributed by atoms with Gasteiger partial charge in [-0.05, 0) is 62.2 Å². The number of nitrogens with zero attached hydrogens (tertiary/aromatic N) is 5. The second-order valence-electron chi connectivity index (χ2n) is 6.62. The second-order valence-corrected chi connectivity index (χ2v) is 6.62. The van der Waals surface area contributed by atoms with E-state index in [1.165, 1.54) is 0 Å². The van der Waals surface area contributed by atoms with Gasteiger partial charge in [0.05, 0.1) is 12.3 Å². The standard InChI is InChI=1S/C19H22FN5O/c20-16-3-1-10-24(13-16)11-2-12-26-17-6-4-15(5-7-17)18-8-9-19-22-21-14-25(19)23-18/h4-9,14,16H,1-3,10-13H2. The van der Waals surface area contributed by atoms with Gasteiger partial charge in [-0.25, -0.2) is 4.39 Å². The highest BCUT2D eigenvalue weighted by molar-refractivity contribution is 5.60. The molecule has 2 aromatic heterocycles. The zero-order chi connectivity index (χ0) is 17.8. The summed E-state index contributed by atoms with van der Waals surface area (Å²) in [5.74, 6) is 0.834. The molecule has 136 valence electrons. The van der Waals surface area contributed by atoms with E-state index in [1.54, 1.807) is 10.8 Å². The lowest BCUT2D eigenvalue weighted by atomic mass is 10.1. The molecule has 3 heterocycles. The van der Waals surface area contributed by atoms with Gasteiger partial charge in [0.15, 0.2) is 5.65 Å². The van der Waals surface area contributed by atoms with Crippen LogP contribution in [0.15, 0.2) is 42.7 Å². The third-order valence-corrected chi connectivity index (χ3v) is 4.65. The summed E-state index contributed by atoms with van der Waals surface area (Å²) in [6, 6.07) is 11.7. The van der Waals surface area contributed by atoms with Gasteiger partial charge in [-0.1, -0.05) is 0 Å². The van der Waals surface area contributed by atoms with Crippen LogP contribution in [0, 0.1) is 0 Å². The highest BCUT2D eigenvalue weighted by atomic mass is 19.1. The fourth-order valence-corrected chi connectivity index (χ4v) is 3.28. The molecule has 0 amide bonds. The molecule has 26 heavy (non-hydrogen) atoms. The first-order chi connectivity index (χ1) is 12.8. The molecule has 0 spiro atoms. The first-order valence-corrected chi connectivity index (χ1v) is 9.05. The maximum atomic E-state index is 13.4. The summed E-state index contributed by atoms with van der Waals surface area (Å²) in [4.78, 5) is 2.19. The van der Waals surface area contributed by atoms with Crippen LogP contribution in [0.2, 0.25) is 0 Å². The Bertz CT molecular complexity index is 851. The van der Waals surface area contributed by atoms with Crippen molar-refractivity contribution in [3.63, 3.8) is 0 Å². The molecule has 1 saturated heterocycles. The lowest BCUT2D eigenvalue weighted by molar-refractivity contribution is 0.131. The number of likely N-dealkylation sites (tertiary alicyclic amines) is 1. The topological polar surface area (TPSA) is 55.5 Å². The first-order valence-electron chi connectivity index (χ1n) is 9.05. The minimum Gasteiger partial charge on any atom is -0.494 e. The van der Waals surface area contributed by atoms with E-state index in [0.29, 0.717) is 19.6 Å². The Labute approximate surface area is 151 Å². The molecule has 1 aromatic carbocycles. The lowest BCUT2D eigenvalue weighted by Gasteiger charge is -2.28. The maximum absolute atomic E-state index is 13.4. The van der Waals surface area contributed by atoms with Crippen LogP contribution in [0.25, 0.3) is 16.9 Å². The number of benzene rings is 1. The highest BCUT2D eigenvalue weighted by Crippen LogP contribution is 2.21. The molecule has 0 N–H and O–H groups in total. The maximum Gasteiger partial charge on any atom is 0.177 e. The van der Waals surface area contributed by atoms with Gasteiger partial charge in [0.2, 0.25) is 0 Å². The summed E-state index contributed by atoms with van der Waals surface area (Å²) in [7, 11) is 0. The van der Waals surface area contributed by atoms with Crippen LogP contribution in [-0.4, -0.2) is 57.1 Å². The average Bonchev–Trinajstić information content (AvgIpc) is 3.14. The van der Waals surface area contributed by atoms with Gasteiger partial charge in [0.25, 0.3) is 0 Å². The first kappa shape index (κ1) is 16.9. The molecule has 1 aliphatic rings. The van der Waals surface area contributed by atoms with E-state index in [9.17, 15) is 4.39 Å². The Balaban J connectivity index is 1.28. The van der Waals surface area contributed by atoms with E-state index >= 15 is 0 Å². The normalized spacial score (nSPS) is 18.3. The van der Waals surface area contributed by atoms with Gasteiger partial charge in [-0.3, -0.25) is 0 Å². The molecular weight excluding hydrogens is 333 g/mol. The van der Waals surface area contributed by atoms with E-state index in [-0.39, 0.29) is 0 Å². The van der Waals surface area contributed by atoms with Crippen LogP contribution in [-0.2, 0) is 0 Å². The van der Waals surface area contributed by atoms with Crippen LogP contribution in [0.5, 0.6) is 5.75 Å². The number of fused-ring (bicyclic) bond motifs is 1. The molecule has 6 nitrogen and oxygen atoms in total. The van der Waals surface area contributed by atoms with Crippen molar-refractivity contribution >= 4 is 5.65 Å². The predicted molar refractivity (Wildman–Crippen MR) is 96.9 cm³/mol. The number of hydrogen-bond donors (Lipinski definition) is 0. The Morgan fingerprint density at radius 2 is 2.04 bits per heavy atom. The number of piperidine rings is 1. The van der Waals surface area contributed by atoms with E-state index < -0.39 is 6.17 Å². The van der Waals surface area contributed by atoms with E-state index in [1.807, 2.05) is 36.4 Å². The molecule has 3 aromatic rings. The average molecular weight is 355 g/mol. The van der Waals surface area contributed by atoms with Crippen LogP contribution in [0.1, 0.15) is 19.3 Å². The monoisotopic (exact) mass is 355 g/mol. The van der Waals surface area contributed by atoms with Gasteiger partial charge in [-0.15, -0.1) is 10.2 Å². The molecule has 0 bridgehead atoms. The summed E-state index contributed by atoms with van der Waals surface area (Å²) < 4.78 is 20.8. The largest absolute Gasteiger partial charge is 0.494 e. The Morgan fingerprint density at radius 1 is 1.15 bits per heavy atom. The van der Waals surface area contributed by atoms with Gasteiger partial charge in [-0.2, -0.15) is 9.61 Å². The van der Waals surface area contributed by atoms with Crippen molar-refractivity contribution in [1.29, 1.82) is 0 Å². The number of hydrogen-bond acceptors (Lipinski definition) is 5. The third kappa shape index (κ3) is 3.99. The summed E-state index contributed by atoms with van der Waals surface area (Å²) >= 11 is 0. The fraction of sp³-hybridized carbons (Fsp3) is 0.421. The number of halogens is 1. The fourth-order valence-electron chi connectivity index (χ4n) is 3.28. The van der Waals surface area contributed by atoms with E-state index in [0.717, 1.165) is 48.6 Å². The number of ether oxygens (including phenoxy) is 1. The lowest BCUT2D eigenvalue weighted by Crippen LogP contribution is -2.37. The van der Waals surface area contributed by atoms with Crippen molar-refractivity contribution in [2.45, 2.75) is 25.4 Å². The highest BCUT2D eigenvalue weighted by Gasteiger charge is 2.18. The second kappa shape index (κ2) is 7.78. The van der Waals surface area contributed by atoms with Gasteiger partial charge in [0, 0.05) is 18.7 Å². The van der Waals surface area contributed by atoms with Gasteiger partial charge in [0.1, 0.15) is 18.2 Å². The zero-order valence-corrected chi connectivity index (χ0v) is 14.6. The van der Waals surface area contributed by atoms with E-state index in [4.69, 9.17) is 4.74 Å². The molecule has 1 aliphatic heterocycles. The third-order valence-electron chi connectivity index (χ3n) is 4.65. The smallest absolute Gasteiger partial charge is 0.177 e. The van der Waals surface area contributed by atoms with Gasteiger partial charge >= 0.3 is 0 Å². The molecule has 1 fully saturated rings. The summed E-state index contributed by atoms with van der Waals surface area (Å²) in [6.07, 6.45) is 3.49. The van der Waals surface area contributed by atoms with Crippen LogP contribution in [0.4, 0.5) is 4.39 Å². The molecule has 0 radical (unpaired) electrons. The summed E-state index contributed by atoms with van der Waals surface area (Å²) in [5, 5.41) is 12.3.